The van der Waals surface area contributed by atoms with Gasteiger partial charge in [-0.15, -0.1) is 0 Å². The highest BCUT2D eigenvalue weighted by Gasteiger charge is 2.59. The first-order chi connectivity index (χ1) is 22.3. The SMILES string of the molecule is CCCCCCCCC=CCCCCCCCCOC1CC[C@@]2(C)C(=CC[C@H]3[C@@H]4CC[C@H]([C@H](C)CCCC(C)C)[C@@]4(C)CC[C@@H]32)C1. The first-order valence-electron chi connectivity index (χ1n) is 21.3. The standard InChI is InChI=1S/C45H80O/c1-7-8-9-10-11-12-13-14-15-16-17-18-19-20-21-22-34-46-39-30-32-44(5)38(35-39)26-27-40-42-29-28-41(37(4)25-23-24-36(2)3)45(42,6)33-31-43(40)44/h14-15,26,36-37,39-43H,7-13,16-25,27-35H2,1-6H3/t37-,39?,40+,41-,42+,43+,44+,45-/m1/s1. The number of allylic oxidation sites excluding steroid dienone is 3. The molecular formula is C45H80O. The van der Waals surface area contributed by atoms with Crippen LogP contribution in [-0.2, 0) is 4.74 Å². The van der Waals surface area contributed by atoms with Gasteiger partial charge in [0, 0.05) is 6.61 Å². The summed E-state index contributed by atoms with van der Waals surface area (Å²) in [7, 11) is 0. The number of unbranched alkanes of at least 4 members (excludes halogenated alkanes) is 12. The summed E-state index contributed by atoms with van der Waals surface area (Å²) in [6, 6.07) is 0. The zero-order valence-corrected chi connectivity index (χ0v) is 32.1. The summed E-state index contributed by atoms with van der Waals surface area (Å²) in [5.74, 6) is 5.58. The predicted molar refractivity (Wildman–Crippen MR) is 202 cm³/mol. The van der Waals surface area contributed by atoms with Crippen molar-refractivity contribution in [1.82, 2.24) is 0 Å². The van der Waals surface area contributed by atoms with E-state index < -0.39 is 0 Å². The molecule has 3 fully saturated rings. The summed E-state index contributed by atoms with van der Waals surface area (Å²) >= 11 is 0. The third-order valence-corrected chi connectivity index (χ3v) is 14.3. The van der Waals surface area contributed by atoms with Gasteiger partial charge in [0.1, 0.15) is 0 Å². The fraction of sp³-hybridized carbons (Fsp3) is 0.911. The topological polar surface area (TPSA) is 9.23 Å². The lowest BCUT2D eigenvalue weighted by atomic mass is 9.47. The van der Waals surface area contributed by atoms with E-state index in [0.717, 1.165) is 42.1 Å². The molecule has 0 saturated heterocycles. The second kappa shape index (κ2) is 19.6. The lowest BCUT2D eigenvalue weighted by molar-refractivity contribution is -0.0641. The monoisotopic (exact) mass is 637 g/mol. The lowest BCUT2D eigenvalue weighted by Gasteiger charge is -2.58. The van der Waals surface area contributed by atoms with E-state index in [4.69, 9.17) is 4.74 Å². The molecule has 0 radical (unpaired) electrons. The average Bonchev–Trinajstić information content (AvgIpc) is 3.39. The molecule has 3 saturated carbocycles. The molecule has 0 amide bonds. The normalized spacial score (nSPS) is 33.2. The van der Waals surface area contributed by atoms with Gasteiger partial charge in [0.2, 0.25) is 0 Å². The van der Waals surface area contributed by atoms with Gasteiger partial charge in [0.05, 0.1) is 6.10 Å². The molecule has 46 heavy (non-hydrogen) atoms. The zero-order valence-electron chi connectivity index (χ0n) is 32.1. The Morgan fingerprint density at radius 3 is 2.11 bits per heavy atom. The van der Waals surface area contributed by atoms with Gasteiger partial charge in [-0.05, 0) is 130 Å². The number of hydrogen-bond donors (Lipinski definition) is 0. The van der Waals surface area contributed by atoms with E-state index in [9.17, 15) is 0 Å². The van der Waals surface area contributed by atoms with Crippen LogP contribution in [-0.4, -0.2) is 12.7 Å². The van der Waals surface area contributed by atoms with E-state index in [1.165, 1.54) is 161 Å². The minimum absolute atomic E-state index is 0.453. The Bertz CT molecular complexity index is 899. The summed E-state index contributed by atoms with van der Waals surface area (Å²) in [6.07, 6.45) is 42.9. The Hall–Kier alpha value is -0.560. The molecule has 8 atom stereocenters. The Morgan fingerprint density at radius 2 is 1.41 bits per heavy atom. The van der Waals surface area contributed by atoms with E-state index in [0.29, 0.717) is 16.9 Å². The van der Waals surface area contributed by atoms with Crippen molar-refractivity contribution in [2.24, 2.45) is 46.3 Å². The highest BCUT2D eigenvalue weighted by Crippen LogP contribution is 2.67. The molecule has 266 valence electrons. The molecular weight excluding hydrogens is 556 g/mol. The lowest BCUT2D eigenvalue weighted by Crippen LogP contribution is -2.51. The molecule has 1 heteroatoms. The minimum Gasteiger partial charge on any atom is -0.378 e. The smallest absolute Gasteiger partial charge is 0.0612 e. The second-order valence-corrected chi connectivity index (χ2v) is 18.0. The Kier molecular flexibility index (Phi) is 16.3. The Balaban J connectivity index is 1.09. The zero-order chi connectivity index (χ0) is 32.8. The van der Waals surface area contributed by atoms with Crippen LogP contribution in [0.2, 0.25) is 0 Å². The van der Waals surface area contributed by atoms with Crippen molar-refractivity contribution >= 4 is 0 Å². The maximum absolute atomic E-state index is 6.55. The summed E-state index contributed by atoms with van der Waals surface area (Å²) < 4.78 is 6.55. The second-order valence-electron chi connectivity index (χ2n) is 18.0. The summed E-state index contributed by atoms with van der Waals surface area (Å²) in [5, 5.41) is 0. The van der Waals surface area contributed by atoms with Crippen LogP contribution in [0.1, 0.15) is 202 Å². The van der Waals surface area contributed by atoms with E-state index in [1.807, 2.05) is 0 Å². The number of fused-ring (bicyclic) bond motifs is 5. The van der Waals surface area contributed by atoms with Gasteiger partial charge >= 0.3 is 0 Å². The van der Waals surface area contributed by atoms with Crippen molar-refractivity contribution in [2.75, 3.05) is 6.61 Å². The number of rotatable bonds is 22. The van der Waals surface area contributed by atoms with Crippen LogP contribution in [0.3, 0.4) is 0 Å². The highest BCUT2D eigenvalue weighted by atomic mass is 16.5. The first-order valence-corrected chi connectivity index (χ1v) is 21.3. The summed E-state index contributed by atoms with van der Waals surface area (Å²) in [6.45, 7) is 16.1. The van der Waals surface area contributed by atoms with Gasteiger partial charge in [0.15, 0.2) is 0 Å². The molecule has 0 N–H and O–H groups in total. The van der Waals surface area contributed by atoms with E-state index in [-0.39, 0.29) is 0 Å². The fourth-order valence-electron chi connectivity index (χ4n) is 11.4. The van der Waals surface area contributed by atoms with Crippen molar-refractivity contribution in [3.05, 3.63) is 23.8 Å². The maximum Gasteiger partial charge on any atom is 0.0612 e. The van der Waals surface area contributed by atoms with Crippen molar-refractivity contribution in [1.29, 1.82) is 0 Å². The van der Waals surface area contributed by atoms with Crippen LogP contribution in [0.4, 0.5) is 0 Å². The average molecular weight is 637 g/mol. The molecule has 0 heterocycles. The van der Waals surface area contributed by atoms with E-state index >= 15 is 0 Å². The van der Waals surface area contributed by atoms with Crippen molar-refractivity contribution in [3.63, 3.8) is 0 Å². The van der Waals surface area contributed by atoms with Gasteiger partial charge in [-0.1, -0.05) is 142 Å². The largest absolute Gasteiger partial charge is 0.378 e. The molecule has 0 aliphatic heterocycles. The van der Waals surface area contributed by atoms with Gasteiger partial charge in [-0.3, -0.25) is 0 Å². The highest BCUT2D eigenvalue weighted by molar-refractivity contribution is 5.25. The van der Waals surface area contributed by atoms with Crippen LogP contribution in [0, 0.1) is 46.3 Å². The minimum atomic E-state index is 0.453. The van der Waals surface area contributed by atoms with E-state index in [2.05, 4.69) is 59.8 Å². The Labute approximate surface area is 289 Å². The summed E-state index contributed by atoms with van der Waals surface area (Å²) in [5.41, 5.74) is 2.85. The van der Waals surface area contributed by atoms with Crippen LogP contribution in [0.25, 0.3) is 0 Å². The van der Waals surface area contributed by atoms with Crippen molar-refractivity contribution in [2.45, 2.75) is 208 Å². The fourth-order valence-corrected chi connectivity index (χ4v) is 11.4. The third-order valence-electron chi connectivity index (χ3n) is 14.3. The molecule has 0 spiro atoms. The summed E-state index contributed by atoms with van der Waals surface area (Å²) in [4.78, 5) is 0. The molecule has 0 bridgehead atoms. The molecule has 0 aromatic rings. The molecule has 0 aromatic carbocycles. The number of hydrogen-bond acceptors (Lipinski definition) is 1. The van der Waals surface area contributed by atoms with Crippen LogP contribution < -0.4 is 0 Å². The van der Waals surface area contributed by atoms with Crippen molar-refractivity contribution < 1.29 is 4.74 Å². The first kappa shape index (κ1) is 38.2. The molecule has 0 aromatic heterocycles. The van der Waals surface area contributed by atoms with Crippen molar-refractivity contribution in [3.8, 4) is 0 Å². The third kappa shape index (κ3) is 10.5. The maximum atomic E-state index is 6.55. The van der Waals surface area contributed by atoms with Crippen LogP contribution in [0.5, 0.6) is 0 Å². The molecule has 1 unspecified atom stereocenters. The Morgan fingerprint density at radius 1 is 0.739 bits per heavy atom. The molecule has 1 nitrogen and oxygen atoms in total. The molecule has 4 aliphatic carbocycles. The van der Waals surface area contributed by atoms with Gasteiger partial charge in [-0.25, -0.2) is 0 Å². The van der Waals surface area contributed by atoms with Gasteiger partial charge in [-0.2, -0.15) is 0 Å². The number of ether oxygens (including phenoxy) is 1. The quantitative estimate of drug-likeness (QED) is 0.0848. The van der Waals surface area contributed by atoms with Gasteiger partial charge < -0.3 is 4.74 Å². The van der Waals surface area contributed by atoms with Gasteiger partial charge in [0.25, 0.3) is 0 Å². The van der Waals surface area contributed by atoms with Crippen LogP contribution >= 0.6 is 0 Å². The molecule has 4 rings (SSSR count). The van der Waals surface area contributed by atoms with E-state index in [1.54, 1.807) is 5.57 Å². The van der Waals surface area contributed by atoms with Crippen LogP contribution in [0.15, 0.2) is 23.8 Å². The predicted octanol–water partition coefficient (Wildman–Crippen LogP) is 14.5. The molecule has 4 aliphatic rings.